The van der Waals surface area contributed by atoms with Gasteiger partial charge >= 0.3 is 0 Å². The van der Waals surface area contributed by atoms with Crippen molar-refractivity contribution in [1.29, 1.82) is 0 Å². The van der Waals surface area contributed by atoms with E-state index in [1.807, 2.05) is 6.92 Å². The minimum absolute atomic E-state index is 0.121. The molecule has 1 aromatic heterocycles. The van der Waals surface area contributed by atoms with Gasteiger partial charge in [-0.25, -0.2) is 0 Å². The molecule has 1 fully saturated rings. The third-order valence-corrected chi connectivity index (χ3v) is 5.07. The molecule has 19 heavy (non-hydrogen) atoms. The largest absolute Gasteiger partial charge is 0.472 e. The Morgan fingerprint density at radius 2 is 2.21 bits per heavy atom. The third-order valence-electron chi connectivity index (χ3n) is 5.07. The monoisotopic (exact) mass is 262 g/mol. The minimum Gasteiger partial charge on any atom is -0.472 e. The van der Waals surface area contributed by atoms with Crippen molar-refractivity contribution in [2.75, 3.05) is 0 Å². The van der Waals surface area contributed by atoms with Gasteiger partial charge < -0.3 is 14.6 Å². The number of rotatable bonds is 1. The highest BCUT2D eigenvalue weighted by atomic mass is 16.4. The number of aliphatic hydroxyl groups excluding tert-OH is 1. The Kier molecular flexibility index (Phi) is 2.53. The maximum atomic E-state index is 11.8. The zero-order chi connectivity index (χ0) is 13.8. The molecule has 0 saturated heterocycles. The second-order valence-electron chi connectivity index (χ2n) is 5.86. The van der Waals surface area contributed by atoms with Crippen LogP contribution in [-0.4, -0.2) is 22.1 Å². The molecular formula is C15H18O4. The lowest BCUT2D eigenvalue weighted by molar-refractivity contribution is -0.130. The molecule has 2 N–H and O–H groups in total. The van der Waals surface area contributed by atoms with Gasteiger partial charge in [-0.1, -0.05) is 12.5 Å². The summed E-state index contributed by atoms with van der Waals surface area (Å²) in [6, 6.07) is 1.68. The number of ketones is 1. The molecule has 0 unspecified atom stereocenters. The first kappa shape index (κ1) is 12.6. The number of aliphatic hydroxyl groups is 2. The lowest BCUT2D eigenvalue weighted by Gasteiger charge is -2.43. The van der Waals surface area contributed by atoms with E-state index < -0.39 is 17.1 Å². The summed E-state index contributed by atoms with van der Waals surface area (Å²) in [5, 5.41) is 21.5. The van der Waals surface area contributed by atoms with E-state index in [1.165, 1.54) is 12.5 Å². The maximum Gasteiger partial charge on any atom is 0.158 e. The first-order chi connectivity index (χ1) is 8.91. The molecule has 0 amide bonds. The van der Waals surface area contributed by atoms with E-state index in [9.17, 15) is 15.0 Å². The average molecular weight is 262 g/mol. The molecule has 102 valence electrons. The van der Waals surface area contributed by atoms with Crippen LogP contribution in [-0.2, 0) is 10.4 Å². The summed E-state index contributed by atoms with van der Waals surface area (Å²) < 4.78 is 5.06. The van der Waals surface area contributed by atoms with E-state index in [-0.39, 0.29) is 5.78 Å². The van der Waals surface area contributed by atoms with Crippen molar-refractivity contribution in [3.63, 3.8) is 0 Å². The van der Waals surface area contributed by atoms with Gasteiger partial charge in [-0.3, -0.25) is 4.79 Å². The van der Waals surface area contributed by atoms with Gasteiger partial charge in [0.25, 0.3) is 0 Å². The first-order valence-electron chi connectivity index (χ1n) is 6.58. The molecular weight excluding hydrogens is 244 g/mol. The third kappa shape index (κ3) is 1.38. The van der Waals surface area contributed by atoms with Crippen molar-refractivity contribution in [2.45, 2.75) is 44.8 Å². The highest BCUT2D eigenvalue weighted by molar-refractivity contribution is 5.97. The maximum absolute atomic E-state index is 11.8. The highest BCUT2D eigenvalue weighted by Gasteiger charge is 2.62. The molecule has 1 aromatic rings. The highest BCUT2D eigenvalue weighted by Crippen LogP contribution is 2.60. The van der Waals surface area contributed by atoms with Crippen molar-refractivity contribution in [2.24, 2.45) is 5.41 Å². The number of allylic oxidation sites excluding steroid dienone is 1. The second-order valence-corrected chi connectivity index (χ2v) is 5.86. The molecule has 0 aromatic carbocycles. The van der Waals surface area contributed by atoms with Crippen LogP contribution in [0.3, 0.4) is 0 Å². The second kappa shape index (κ2) is 3.81. The van der Waals surface area contributed by atoms with Crippen molar-refractivity contribution >= 4 is 5.78 Å². The molecule has 1 heterocycles. The Morgan fingerprint density at radius 1 is 1.47 bits per heavy atom. The molecule has 3 rings (SSSR count). The van der Waals surface area contributed by atoms with Crippen LogP contribution in [0.1, 0.15) is 38.7 Å². The van der Waals surface area contributed by atoms with E-state index in [1.54, 1.807) is 13.0 Å². The number of carbonyl (C=O) groups excluding carboxylic acids is 1. The van der Waals surface area contributed by atoms with E-state index in [0.29, 0.717) is 30.4 Å². The summed E-state index contributed by atoms with van der Waals surface area (Å²) in [6.07, 6.45) is 3.37. The lowest BCUT2D eigenvalue weighted by Crippen LogP contribution is -2.48. The summed E-state index contributed by atoms with van der Waals surface area (Å²) in [5.74, 6) is 0.121. The van der Waals surface area contributed by atoms with E-state index in [2.05, 4.69) is 0 Å². The topological polar surface area (TPSA) is 70.7 Å². The smallest absolute Gasteiger partial charge is 0.158 e. The molecule has 3 atom stereocenters. The summed E-state index contributed by atoms with van der Waals surface area (Å²) in [5.41, 5.74) is 0.192. The fourth-order valence-corrected chi connectivity index (χ4v) is 3.78. The summed E-state index contributed by atoms with van der Waals surface area (Å²) in [6.45, 7) is 3.73. The minimum atomic E-state index is -1.38. The molecule has 0 radical (unpaired) electrons. The Hall–Kier alpha value is -1.39. The Labute approximate surface area is 111 Å². The predicted molar refractivity (Wildman–Crippen MR) is 68.3 cm³/mol. The van der Waals surface area contributed by atoms with E-state index in [0.717, 1.165) is 5.57 Å². The van der Waals surface area contributed by atoms with Crippen molar-refractivity contribution in [1.82, 2.24) is 0 Å². The number of Topliss-reactive ketones (excluding diaryl/α,β-unsaturated/α-hetero) is 1. The van der Waals surface area contributed by atoms with Crippen LogP contribution < -0.4 is 0 Å². The lowest BCUT2D eigenvalue weighted by atomic mass is 9.64. The quantitative estimate of drug-likeness (QED) is 0.811. The number of carbonyl (C=O) groups is 1. The van der Waals surface area contributed by atoms with Crippen molar-refractivity contribution in [3.8, 4) is 0 Å². The van der Waals surface area contributed by atoms with Gasteiger partial charge in [0.1, 0.15) is 5.60 Å². The van der Waals surface area contributed by atoms with Gasteiger partial charge in [-0.2, -0.15) is 0 Å². The van der Waals surface area contributed by atoms with Crippen LogP contribution in [0.2, 0.25) is 0 Å². The molecule has 0 aliphatic heterocycles. The zero-order valence-electron chi connectivity index (χ0n) is 11.1. The van der Waals surface area contributed by atoms with Gasteiger partial charge in [0.05, 0.1) is 18.6 Å². The van der Waals surface area contributed by atoms with Crippen LogP contribution in [0, 0.1) is 5.41 Å². The molecule has 2 aliphatic carbocycles. The Bertz CT molecular complexity index is 557. The van der Waals surface area contributed by atoms with Crippen LogP contribution in [0.15, 0.2) is 34.2 Å². The van der Waals surface area contributed by atoms with Crippen molar-refractivity contribution < 1.29 is 19.4 Å². The molecule has 0 bridgehead atoms. The number of hydrogen-bond acceptors (Lipinski definition) is 4. The normalized spacial score (nSPS) is 38.7. The summed E-state index contributed by atoms with van der Waals surface area (Å²) >= 11 is 0. The summed E-state index contributed by atoms with van der Waals surface area (Å²) in [7, 11) is 0. The molecule has 4 heteroatoms. The van der Waals surface area contributed by atoms with E-state index in [4.69, 9.17) is 4.42 Å². The average Bonchev–Trinajstić information content (AvgIpc) is 2.97. The first-order valence-corrected chi connectivity index (χ1v) is 6.58. The molecule has 2 aliphatic rings. The fraction of sp³-hybridized carbons (Fsp3) is 0.533. The number of furan rings is 1. The van der Waals surface area contributed by atoms with Gasteiger partial charge in [0.15, 0.2) is 5.78 Å². The van der Waals surface area contributed by atoms with E-state index >= 15 is 0 Å². The zero-order valence-corrected chi connectivity index (χ0v) is 11.1. The van der Waals surface area contributed by atoms with Crippen LogP contribution >= 0.6 is 0 Å². The van der Waals surface area contributed by atoms with Gasteiger partial charge in [-0.05, 0) is 31.4 Å². The van der Waals surface area contributed by atoms with Gasteiger partial charge in [-0.15, -0.1) is 0 Å². The molecule has 4 nitrogen and oxygen atoms in total. The number of fused-ring (bicyclic) bond motifs is 1. The number of hydrogen-bond donors (Lipinski definition) is 2. The van der Waals surface area contributed by atoms with Crippen LogP contribution in [0.5, 0.6) is 0 Å². The summed E-state index contributed by atoms with van der Waals surface area (Å²) in [4.78, 5) is 11.8. The predicted octanol–water partition coefficient (Wildman–Crippen LogP) is 1.92. The van der Waals surface area contributed by atoms with Crippen molar-refractivity contribution in [3.05, 3.63) is 35.3 Å². The standard InChI is InChI=1S/C15H18O4/c1-9-11-7-13(17)15(18,10-4-6-19-8-10)14(11,2)5-3-12(9)16/h4,6,8,13,17-18H,3,5,7H2,1-2H3/t13-,14+,15-/m0/s1. The molecule has 1 saturated carbocycles. The SMILES string of the molecule is CC1=C2C[C@H](O)[C@@](O)(c3ccoc3)[C@]2(C)CCC1=O. The van der Waals surface area contributed by atoms with Crippen LogP contribution in [0.25, 0.3) is 0 Å². The molecule has 0 spiro atoms. The Balaban J connectivity index is 2.21. The van der Waals surface area contributed by atoms with Gasteiger partial charge in [0.2, 0.25) is 0 Å². The Morgan fingerprint density at radius 3 is 2.84 bits per heavy atom. The van der Waals surface area contributed by atoms with Crippen LogP contribution in [0.4, 0.5) is 0 Å². The van der Waals surface area contributed by atoms with Gasteiger partial charge in [0, 0.05) is 17.4 Å². The fourth-order valence-electron chi connectivity index (χ4n) is 3.78.